The Hall–Kier alpha value is -1.71. The van der Waals surface area contributed by atoms with Crippen LogP contribution in [0.5, 0.6) is 0 Å². The molecule has 4 heteroatoms. The summed E-state index contributed by atoms with van der Waals surface area (Å²) < 4.78 is 13.1. The van der Waals surface area contributed by atoms with Gasteiger partial charge in [0.15, 0.2) is 0 Å². The maximum absolute atomic E-state index is 13.1. The molecule has 0 spiro atoms. The van der Waals surface area contributed by atoms with E-state index in [4.69, 9.17) is 5.11 Å². The van der Waals surface area contributed by atoms with Crippen molar-refractivity contribution in [1.29, 1.82) is 0 Å². The van der Waals surface area contributed by atoms with Gasteiger partial charge in [-0.2, -0.15) is 0 Å². The van der Waals surface area contributed by atoms with E-state index in [0.717, 1.165) is 6.08 Å². The smallest absolute Gasteiger partial charge is 0.336 e. The second kappa shape index (κ2) is 5.11. The molecule has 0 fully saturated rings. The zero-order valence-corrected chi connectivity index (χ0v) is 7.31. The van der Waals surface area contributed by atoms with Crippen LogP contribution in [0.1, 0.15) is 22.1 Å². The van der Waals surface area contributed by atoms with Crippen molar-refractivity contribution in [3.05, 3.63) is 48.0 Å². The van der Waals surface area contributed by atoms with Crippen molar-refractivity contribution in [2.75, 3.05) is 0 Å². The molecule has 0 radical (unpaired) electrons. The molecular weight excluding hydrogens is 190 g/mol. The minimum atomic E-state index is -1.42. The van der Waals surface area contributed by atoms with Gasteiger partial charge in [0, 0.05) is 5.56 Å². The van der Waals surface area contributed by atoms with Crippen LogP contribution in [0.25, 0.3) is 0 Å². The highest BCUT2D eigenvalue weighted by molar-refractivity contribution is 5.89. The van der Waals surface area contributed by atoms with Gasteiger partial charge >= 0.3 is 5.97 Å². The summed E-state index contributed by atoms with van der Waals surface area (Å²) in [6, 6.07) is 5.96. The number of hydrogen-bond acceptors (Lipinski definition) is 1. The van der Waals surface area contributed by atoms with Crippen LogP contribution in [-0.4, -0.2) is 11.1 Å². The van der Waals surface area contributed by atoms with Crippen molar-refractivity contribution >= 4 is 5.97 Å². The van der Waals surface area contributed by atoms with Crippen LogP contribution in [-0.2, 0) is 0 Å². The van der Waals surface area contributed by atoms with Crippen LogP contribution in [0.4, 0.5) is 9.09 Å². The summed E-state index contributed by atoms with van der Waals surface area (Å²) in [5.41, 5.74) is 0.125. The van der Waals surface area contributed by atoms with Crippen LogP contribution in [0.3, 0.4) is 0 Å². The first kappa shape index (κ1) is 12.3. The summed E-state index contributed by atoms with van der Waals surface area (Å²) in [5, 5.41) is 8.71. The van der Waals surface area contributed by atoms with Gasteiger partial charge in [0.1, 0.15) is 6.17 Å². The van der Waals surface area contributed by atoms with Crippen molar-refractivity contribution in [2.24, 2.45) is 0 Å². The molecule has 0 amide bonds. The Morgan fingerprint density at radius 1 is 1.50 bits per heavy atom. The third-order valence-electron chi connectivity index (χ3n) is 1.70. The number of benzene rings is 1. The second-order valence-electron chi connectivity index (χ2n) is 2.53. The molecule has 0 heterocycles. The predicted octanol–water partition coefficient (Wildman–Crippen LogP) is 2.73. The summed E-state index contributed by atoms with van der Waals surface area (Å²) in [4.78, 5) is 10.6. The molecule has 0 saturated carbocycles. The lowest BCUT2D eigenvalue weighted by molar-refractivity contribution is 0.0694. The Balaban J connectivity index is 0.00000169. The summed E-state index contributed by atoms with van der Waals surface area (Å²) >= 11 is 0. The lowest BCUT2D eigenvalue weighted by Gasteiger charge is -2.06. The van der Waals surface area contributed by atoms with E-state index in [1.54, 1.807) is 12.1 Å². The molecule has 14 heavy (non-hydrogen) atoms. The molecule has 0 aliphatic carbocycles. The predicted molar refractivity (Wildman–Crippen MR) is 50.0 cm³/mol. The van der Waals surface area contributed by atoms with E-state index in [0.29, 0.717) is 0 Å². The minimum Gasteiger partial charge on any atom is -0.478 e. The fraction of sp³-hybridized carbons (Fsp3) is 0.100. The minimum absolute atomic E-state index is 0. The van der Waals surface area contributed by atoms with Gasteiger partial charge < -0.3 is 5.11 Å². The first-order valence-corrected chi connectivity index (χ1v) is 3.75. The normalized spacial score (nSPS) is 11.2. The monoisotopic (exact) mass is 200 g/mol. The van der Waals surface area contributed by atoms with Crippen LogP contribution in [0.2, 0.25) is 0 Å². The molecule has 1 unspecified atom stereocenters. The van der Waals surface area contributed by atoms with Crippen molar-refractivity contribution in [1.82, 2.24) is 0 Å². The number of alkyl halides is 1. The molecule has 76 valence electrons. The topological polar surface area (TPSA) is 37.3 Å². The number of carbonyl (C=O) groups is 1. The summed E-state index contributed by atoms with van der Waals surface area (Å²) in [5.74, 6) is -1.12. The SMILES string of the molecule is C=CC(F)c1ccccc1C(=O)O.F. The first-order valence-electron chi connectivity index (χ1n) is 3.75. The molecule has 1 aromatic rings. The van der Waals surface area contributed by atoms with Crippen molar-refractivity contribution in [3.8, 4) is 0 Å². The molecule has 0 aromatic heterocycles. The van der Waals surface area contributed by atoms with Crippen molar-refractivity contribution in [3.63, 3.8) is 0 Å². The van der Waals surface area contributed by atoms with Gasteiger partial charge in [-0.05, 0) is 6.07 Å². The molecule has 1 rings (SSSR count). The highest BCUT2D eigenvalue weighted by atomic mass is 19.1. The molecule has 1 N–H and O–H groups in total. The van der Waals surface area contributed by atoms with Crippen LogP contribution >= 0.6 is 0 Å². The Morgan fingerprint density at radius 3 is 2.57 bits per heavy atom. The number of halogens is 2. The van der Waals surface area contributed by atoms with Gasteiger partial charge in [0.2, 0.25) is 0 Å². The molecule has 1 atom stereocenters. The first-order chi connectivity index (χ1) is 6.16. The third kappa shape index (κ3) is 2.39. The number of carboxylic acid groups (broad SMARTS) is 1. The van der Waals surface area contributed by atoms with Crippen LogP contribution < -0.4 is 0 Å². The van der Waals surface area contributed by atoms with Gasteiger partial charge in [0.05, 0.1) is 5.56 Å². The van der Waals surface area contributed by atoms with E-state index in [2.05, 4.69) is 6.58 Å². The molecular formula is C10H10F2O2. The van der Waals surface area contributed by atoms with E-state index in [1.165, 1.54) is 12.1 Å². The molecule has 0 saturated heterocycles. The lowest BCUT2D eigenvalue weighted by Crippen LogP contribution is -2.02. The number of hydrogen-bond donors (Lipinski definition) is 1. The molecule has 1 aromatic carbocycles. The zero-order chi connectivity index (χ0) is 9.84. The van der Waals surface area contributed by atoms with E-state index >= 15 is 0 Å². The van der Waals surface area contributed by atoms with E-state index in [1.807, 2.05) is 0 Å². The summed E-state index contributed by atoms with van der Waals surface area (Å²) in [6.07, 6.45) is -0.353. The van der Waals surface area contributed by atoms with E-state index in [9.17, 15) is 9.18 Å². The number of carboxylic acids is 1. The Kier molecular flexibility index (Phi) is 4.49. The molecule has 2 nitrogen and oxygen atoms in total. The van der Waals surface area contributed by atoms with E-state index < -0.39 is 12.1 Å². The van der Waals surface area contributed by atoms with Gasteiger partial charge in [-0.1, -0.05) is 30.9 Å². The van der Waals surface area contributed by atoms with Crippen molar-refractivity contribution < 1.29 is 19.0 Å². The maximum atomic E-state index is 13.1. The fourth-order valence-electron chi connectivity index (χ4n) is 1.06. The average Bonchev–Trinajstić information content (AvgIpc) is 2.16. The average molecular weight is 200 g/mol. The van der Waals surface area contributed by atoms with Crippen LogP contribution in [0, 0.1) is 0 Å². The third-order valence-corrected chi connectivity index (χ3v) is 1.70. The van der Waals surface area contributed by atoms with Crippen LogP contribution in [0.15, 0.2) is 36.9 Å². The van der Waals surface area contributed by atoms with Gasteiger partial charge in [-0.15, -0.1) is 0 Å². The van der Waals surface area contributed by atoms with Gasteiger partial charge in [0.25, 0.3) is 0 Å². The summed E-state index contributed by atoms with van der Waals surface area (Å²) in [6.45, 7) is 3.27. The number of aromatic carboxylic acids is 1. The Bertz CT molecular complexity index is 337. The molecule has 0 aliphatic heterocycles. The lowest BCUT2D eigenvalue weighted by atomic mass is 10.0. The maximum Gasteiger partial charge on any atom is 0.336 e. The largest absolute Gasteiger partial charge is 0.478 e. The highest BCUT2D eigenvalue weighted by Gasteiger charge is 2.14. The summed E-state index contributed by atoms with van der Waals surface area (Å²) in [7, 11) is 0. The quantitative estimate of drug-likeness (QED) is 0.761. The standard InChI is InChI=1S/C10H9FO2.FH/c1-2-9(11)7-5-3-4-6-8(7)10(12)13;/h2-6,9H,1H2,(H,12,13);1H. The fourth-order valence-corrected chi connectivity index (χ4v) is 1.06. The molecule has 0 bridgehead atoms. The van der Waals surface area contributed by atoms with E-state index in [-0.39, 0.29) is 15.8 Å². The number of rotatable bonds is 3. The number of allylic oxidation sites excluding steroid dienone is 1. The Morgan fingerprint density at radius 2 is 2.07 bits per heavy atom. The van der Waals surface area contributed by atoms with Gasteiger partial charge in [-0.3, -0.25) is 4.70 Å². The second-order valence-corrected chi connectivity index (χ2v) is 2.53. The zero-order valence-electron chi connectivity index (χ0n) is 7.31. The Labute approximate surface area is 80.1 Å². The highest BCUT2D eigenvalue weighted by Crippen LogP contribution is 2.22. The molecule has 0 aliphatic rings. The van der Waals surface area contributed by atoms with Crippen molar-refractivity contribution in [2.45, 2.75) is 6.17 Å². The van der Waals surface area contributed by atoms with Gasteiger partial charge in [-0.25, -0.2) is 9.18 Å².